The fraction of sp³-hybridized carbons (Fsp3) is 0.435. The highest BCUT2D eigenvalue weighted by atomic mass is 19.4. The molecule has 3 heterocycles. The van der Waals surface area contributed by atoms with Crippen LogP contribution in [0.5, 0.6) is 5.88 Å². The van der Waals surface area contributed by atoms with Crippen LogP contribution in [0.2, 0.25) is 0 Å². The van der Waals surface area contributed by atoms with Gasteiger partial charge in [-0.05, 0) is 44.9 Å². The zero-order chi connectivity index (χ0) is 23.9. The molecule has 33 heavy (non-hydrogen) atoms. The molecule has 1 aliphatic rings. The molecule has 4 rings (SSSR count). The van der Waals surface area contributed by atoms with Crippen LogP contribution in [0.3, 0.4) is 0 Å². The second-order valence-electron chi connectivity index (χ2n) is 8.57. The molecule has 2 N–H and O–H groups in total. The van der Waals surface area contributed by atoms with E-state index in [2.05, 4.69) is 15.1 Å². The van der Waals surface area contributed by atoms with Gasteiger partial charge < -0.3 is 15.0 Å². The Hall–Kier alpha value is -3.30. The number of rotatable bonds is 5. The number of benzene rings is 1. The number of amides is 1. The first-order chi connectivity index (χ1) is 15.6. The van der Waals surface area contributed by atoms with Gasteiger partial charge in [-0.15, -0.1) is 0 Å². The van der Waals surface area contributed by atoms with E-state index in [1.54, 1.807) is 29.1 Å². The molecule has 2 aromatic heterocycles. The van der Waals surface area contributed by atoms with Gasteiger partial charge in [0.25, 0.3) is 5.91 Å². The number of hydrogen-bond acceptors (Lipinski definition) is 4. The Balaban J connectivity index is 1.68. The van der Waals surface area contributed by atoms with Crippen molar-refractivity contribution in [3.63, 3.8) is 0 Å². The Bertz CT molecular complexity index is 1210. The monoisotopic (exact) mass is 461 g/mol. The quantitative estimate of drug-likeness (QED) is 0.512. The molecule has 3 aromatic rings. The van der Waals surface area contributed by atoms with E-state index in [1.165, 1.54) is 4.90 Å². The van der Waals surface area contributed by atoms with Gasteiger partial charge in [0, 0.05) is 35.6 Å². The van der Waals surface area contributed by atoms with Crippen LogP contribution in [-0.4, -0.2) is 55.7 Å². The number of H-pyrrole nitrogens is 1. The van der Waals surface area contributed by atoms with Crippen molar-refractivity contribution in [2.24, 2.45) is 10.9 Å². The Labute approximate surface area is 188 Å². The summed E-state index contributed by atoms with van der Waals surface area (Å²) in [5, 5.41) is 15.5. The SMILES string of the molecule is CCC(=Nc1cnn(C(C)C)c1)c1c(O)[nH]c2ccc(C(=O)N3CC[C@H](C(F)(F)F)C3)cc12. The predicted molar refractivity (Wildman–Crippen MR) is 119 cm³/mol. The van der Waals surface area contributed by atoms with E-state index < -0.39 is 18.0 Å². The number of alkyl halides is 3. The first-order valence-electron chi connectivity index (χ1n) is 10.9. The first-order valence-corrected chi connectivity index (χ1v) is 10.9. The van der Waals surface area contributed by atoms with Crippen molar-refractivity contribution in [1.82, 2.24) is 19.7 Å². The van der Waals surface area contributed by atoms with E-state index in [-0.39, 0.29) is 37.0 Å². The summed E-state index contributed by atoms with van der Waals surface area (Å²) >= 11 is 0. The number of aliphatic imine (C=N–C) groups is 1. The van der Waals surface area contributed by atoms with Crippen LogP contribution in [-0.2, 0) is 0 Å². The van der Waals surface area contributed by atoms with Crippen LogP contribution in [0.4, 0.5) is 18.9 Å². The van der Waals surface area contributed by atoms with E-state index >= 15 is 0 Å². The number of hydrogen-bond donors (Lipinski definition) is 2. The van der Waals surface area contributed by atoms with Crippen molar-refractivity contribution >= 4 is 28.2 Å². The van der Waals surface area contributed by atoms with E-state index in [9.17, 15) is 23.1 Å². The molecule has 1 aromatic carbocycles. The van der Waals surface area contributed by atoms with Gasteiger partial charge in [0.1, 0.15) is 5.69 Å². The molecule has 0 aliphatic carbocycles. The minimum absolute atomic E-state index is 0.0633. The molecule has 1 saturated heterocycles. The maximum absolute atomic E-state index is 13.0. The molecule has 1 atom stereocenters. The summed E-state index contributed by atoms with van der Waals surface area (Å²) in [4.78, 5) is 21.7. The van der Waals surface area contributed by atoms with Crippen LogP contribution in [0, 0.1) is 5.92 Å². The maximum Gasteiger partial charge on any atom is 0.393 e. The number of likely N-dealkylation sites (tertiary alicyclic amines) is 1. The average Bonchev–Trinajstić information content (AvgIpc) is 3.49. The lowest BCUT2D eigenvalue weighted by Gasteiger charge is -2.18. The molecule has 0 saturated carbocycles. The zero-order valence-electron chi connectivity index (χ0n) is 18.6. The second-order valence-corrected chi connectivity index (χ2v) is 8.57. The lowest BCUT2D eigenvalue weighted by molar-refractivity contribution is -0.169. The molecule has 1 aliphatic heterocycles. The summed E-state index contributed by atoms with van der Waals surface area (Å²) < 4.78 is 40.9. The highest BCUT2D eigenvalue weighted by Gasteiger charge is 2.44. The van der Waals surface area contributed by atoms with Crippen LogP contribution >= 0.6 is 0 Å². The summed E-state index contributed by atoms with van der Waals surface area (Å²) in [5.74, 6) is -2.03. The van der Waals surface area contributed by atoms with Gasteiger partial charge >= 0.3 is 6.18 Å². The fourth-order valence-electron chi connectivity index (χ4n) is 4.13. The molecule has 176 valence electrons. The van der Waals surface area contributed by atoms with Crippen molar-refractivity contribution in [2.45, 2.75) is 45.8 Å². The number of aromatic nitrogens is 3. The average molecular weight is 461 g/mol. The number of carbonyl (C=O) groups excluding carboxylic acids is 1. The summed E-state index contributed by atoms with van der Waals surface area (Å²) in [6, 6.07) is 4.98. The summed E-state index contributed by atoms with van der Waals surface area (Å²) in [7, 11) is 0. The Kier molecular flexibility index (Phi) is 5.94. The van der Waals surface area contributed by atoms with Gasteiger partial charge in [0.15, 0.2) is 5.88 Å². The van der Waals surface area contributed by atoms with Gasteiger partial charge in [-0.3, -0.25) is 9.48 Å². The Morgan fingerprint density at radius 1 is 1.36 bits per heavy atom. The van der Waals surface area contributed by atoms with Gasteiger partial charge in [-0.25, -0.2) is 4.99 Å². The van der Waals surface area contributed by atoms with Crippen LogP contribution in [0.25, 0.3) is 10.9 Å². The molecule has 1 fully saturated rings. The van der Waals surface area contributed by atoms with Crippen molar-refractivity contribution in [3.8, 4) is 5.88 Å². The van der Waals surface area contributed by atoms with Crippen LogP contribution in [0.15, 0.2) is 35.6 Å². The van der Waals surface area contributed by atoms with E-state index in [0.717, 1.165) is 0 Å². The molecule has 0 radical (unpaired) electrons. The van der Waals surface area contributed by atoms with E-state index in [4.69, 9.17) is 0 Å². The topological polar surface area (TPSA) is 86.5 Å². The highest BCUT2D eigenvalue weighted by molar-refractivity contribution is 6.14. The van der Waals surface area contributed by atoms with Crippen molar-refractivity contribution < 1.29 is 23.1 Å². The fourth-order valence-corrected chi connectivity index (χ4v) is 4.13. The van der Waals surface area contributed by atoms with Crippen molar-refractivity contribution in [3.05, 3.63) is 41.7 Å². The molecular formula is C23H26F3N5O2. The first kappa shape index (κ1) is 22.9. The number of aromatic amines is 1. The van der Waals surface area contributed by atoms with E-state index in [1.807, 2.05) is 27.0 Å². The van der Waals surface area contributed by atoms with Crippen LogP contribution < -0.4 is 0 Å². The molecule has 10 heteroatoms. The third-order valence-corrected chi connectivity index (χ3v) is 5.97. The maximum atomic E-state index is 13.0. The summed E-state index contributed by atoms with van der Waals surface area (Å²) in [6.07, 6.45) is -0.448. The third kappa shape index (κ3) is 4.46. The van der Waals surface area contributed by atoms with Crippen LogP contribution in [0.1, 0.15) is 55.6 Å². The Morgan fingerprint density at radius 2 is 2.12 bits per heavy atom. The molecule has 1 amide bonds. The summed E-state index contributed by atoms with van der Waals surface area (Å²) in [5.41, 5.74) is 2.58. The van der Waals surface area contributed by atoms with Crippen molar-refractivity contribution in [2.75, 3.05) is 13.1 Å². The minimum atomic E-state index is -4.31. The summed E-state index contributed by atoms with van der Waals surface area (Å²) in [6.45, 7) is 5.63. The molecule has 0 spiro atoms. The van der Waals surface area contributed by atoms with Gasteiger partial charge in [-0.1, -0.05) is 6.92 Å². The smallest absolute Gasteiger partial charge is 0.393 e. The number of halogens is 3. The van der Waals surface area contributed by atoms with Gasteiger partial charge in [-0.2, -0.15) is 18.3 Å². The normalized spacial score (nSPS) is 17.5. The molecular weight excluding hydrogens is 435 g/mol. The zero-order valence-corrected chi connectivity index (χ0v) is 18.6. The number of nitrogens with one attached hydrogen (secondary N) is 1. The highest BCUT2D eigenvalue weighted by Crippen LogP contribution is 2.35. The number of aromatic hydroxyl groups is 1. The lowest BCUT2D eigenvalue weighted by Crippen LogP contribution is -2.31. The predicted octanol–water partition coefficient (Wildman–Crippen LogP) is 5.21. The Morgan fingerprint density at radius 3 is 2.73 bits per heavy atom. The molecule has 0 bridgehead atoms. The van der Waals surface area contributed by atoms with Gasteiger partial charge in [0.05, 0.1) is 29.6 Å². The largest absolute Gasteiger partial charge is 0.494 e. The van der Waals surface area contributed by atoms with Crippen molar-refractivity contribution in [1.29, 1.82) is 0 Å². The second kappa shape index (κ2) is 8.57. The lowest BCUT2D eigenvalue weighted by atomic mass is 10.0. The third-order valence-electron chi connectivity index (χ3n) is 5.97. The molecule has 7 nitrogen and oxygen atoms in total. The number of carbonyl (C=O) groups is 1. The van der Waals surface area contributed by atoms with Gasteiger partial charge in [0.2, 0.25) is 0 Å². The standard InChI is InChI=1S/C23H26F3N5O2/c1-4-18(28-16-10-27-31(12-16)13(2)3)20-17-9-14(5-6-19(17)29-21(20)32)22(33)30-8-7-15(11-30)23(24,25)26/h5-6,9-10,12-13,15,29,32H,4,7-8,11H2,1-3H3/t15-/m0/s1. The number of nitrogens with zero attached hydrogens (tertiary/aromatic N) is 4. The molecule has 0 unspecified atom stereocenters. The van der Waals surface area contributed by atoms with E-state index in [0.29, 0.717) is 34.3 Å². The number of fused-ring (bicyclic) bond motifs is 1. The minimum Gasteiger partial charge on any atom is -0.494 e.